The summed E-state index contributed by atoms with van der Waals surface area (Å²) in [5.74, 6) is 1.20. The number of aromatic amines is 1. The fourth-order valence-corrected chi connectivity index (χ4v) is 2.48. The number of imidazole rings is 1. The van der Waals surface area contributed by atoms with Gasteiger partial charge in [-0.1, -0.05) is 0 Å². The monoisotopic (exact) mass is 386 g/mol. The number of H-pyrrole nitrogens is 1. The lowest BCUT2D eigenvalue weighted by Gasteiger charge is -2.12. The van der Waals surface area contributed by atoms with Crippen molar-refractivity contribution in [3.63, 3.8) is 0 Å². The summed E-state index contributed by atoms with van der Waals surface area (Å²) in [7, 11) is 1.59. The van der Waals surface area contributed by atoms with E-state index in [0.717, 1.165) is 10.9 Å². The number of ether oxygens (including phenoxy) is 1. The molecule has 0 spiro atoms. The van der Waals surface area contributed by atoms with Gasteiger partial charge in [0.2, 0.25) is 0 Å². The maximum atomic E-state index is 12.4. The van der Waals surface area contributed by atoms with Crippen molar-refractivity contribution in [2.45, 2.75) is 12.6 Å². The Balaban J connectivity index is 0.00000156. The third-order valence-electron chi connectivity index (χ3n) is 3.69. The zero-order valence-corrected chi connectivity index (χ0v) is 15.1. The number of nitrogens with one attached hydrogen (secondary N) is 1. The first-order valence-electron chi connectivity index (χ1n) is 7.23. The molecule has 4 N–H and O–H groups in total. The molecule has 1 aromatic carbocycles. The molecule has 1 atom stereocenters. The second-order valence-electron chi connectivity index (χ2n) is 5.26. The van der Waals surface area contributed by atoms with Crippen molar-refractivity contribution in [3.05, 3.63) is 47.0 Å². The van der Waals surface area contributed by atoms with Gasteiger partial charge in [-0.3, -0.25) is 4.79 Å². The molecule has 0 fully saturated rings. The highest BCUT2D eigenvalue weighted by molar-refractivity contribution is 5.85. The van der Waals surface area contributed by atoms with Crippen LogP contribution in [0.1, 0.15) is 0 Å². The molecule has 0 aliphatic heterocycles. The van der Waals surface area contributed by atoms with E-state index in [2.05, 4.69) is 9.97 Å². The standard InChI is InChI=1S/C16H18N4O3.2ClH/c1-23-12-2-3-14-10(6-12)7-13(16(22)19-14)15-18-4-5-20(15)9-11(21)8-17;;/h2-7,11,21H,8-9,17H2,1H3,(H,19,22);2*1H. The molecule has 0 bridgehead atoms. The zero-order chi connectivity index (χ0) is 16.4. The molecule has 7 nitrogen and oxygen atoms in total. The lowest BCUT2D eigenvalue weighted by atomic mass is 10.1. The first-order chi connectivity index (χ1) is 11.1. The molecule has 2 heterocycles. The van der Waals surface area contributed by atoms with Crippen molar-refractivity contribution < 1.29 is 9.84 Å². The first kappa shape index (κ1) is 21.0. The Hall–Kier alpha value is -2.06. The second kappa shape index (κ2) is 8.87. The van der Waals surface area contributed by atoms with Gasteiger partial charge >= 0.3 is 0 Å². The molecule has 2 aromatic heterocycles. The Morgan fingerprint density at radius 3 is 2.80 bits per heavy atom. The lowest BCUT2D eigenvalue weighted by Crippen LogP contribution is -2.25. The molecule has 3 rings (SSSR count). The molecular formula is C16H20Cl2N4O3. The van der Waals surface area contributed by atoms with Crippen LogP contribution in [0.2, 0.25) is 0 Å². The van der Waals surface area contributed by atoms with Gasteiger partial charge in [-0.2, -0.15) is 0 Å². The molecular weight excluding hydrogens is 367 g/mol. The summed E-state index contributed by atoms with van der Waals surface area (Å²) < 4.78 is 6.93. The molecule has 3 aromatic rings. The van der Waals surface area contributed by atoms with Crippen LogP contribution >= 0.6 is 24.8 Å². The number of aromatic nitrogens is 3. The fraction of sp³-hybridized carbons (Fsp3) is 0.250. The number of benzene rings is 1. The molecule has 1 unspecified atom stereocenters. The summed E-state index contributed by atoms with van der Waals surface area (Å²) >= 11 is 0. The van der Waals surface area contributed by atoms with E-state index in [9.17, 15) is 9.90 Å². The number of rotatable bonds is 5. The minimum atomic E-state index is -0.692. The first-order valence-corrected chi connectivity index (χ1v) is 7.23. The number of pyridine rings is 1. The summed E-state index contributed by atoms with van der Waals surface area (Å²) in [6.45, 7) is 0.421. The quantitative estimate of drug-likeness (QED) is 0.616. The maximum Gasteiger partial charge on any atom is 0.259 e. The summed E-state index contributed by atoms with van der Waals surface area (Å²) in [5.41, 5.74) is 6.36. The molecule has 0 saturated carbocycles. The molecule has 0 amide bonds. The second-order valence-corrected chi connectivity index (χ2v) is 5.26. The largest absolute Gasteiger partial charge is 0.497 e. The van der Waals surface area contributed by atoms with E-state index in [1.807, 2.05) is 6.07 Å². The molecule has 25 heavy (non-hydrogen) atoms. The molecule has 0 aliphatic rings. The van der Waals surface area contributed by atoms with Gasteiger partial charge in [0.15, 0.2) is 0 Å². The summed E-state index contributed by atoms with van der Waals surface area (Å²) in [6, 6.07) is 7.20. The van der Waals surface area contributed by atoms with Gasteiger partial charge in [-0.05, 0) is 24.3 Å². The van der Waals surface area contributed by atoms with E-state index in [1.54, 1.807) is 42.3 Å². The van der Waals surface area contributed by atoms with Crippen LogP contribution in [0.15, 0.2) is 41.5 Å². The minimum absolute atomic E-state index is 0. The van der Waals surface area contributed by atoms with Gasteiger partial charge in [0.1, 0.15) is 11.6 Å². The average Bonchev–Trinajstić information content (AvgIpc) is 3.01. The van der Waals surface area contributed by atoms with E-state index < -0.39 is 6.10 Å². The number of methoxy groups -OCH3 is 1. The van der Waals surface area contributed by atoms with Crippen LogP contribution < -0.4 is 16.0 Å². The number of hydrogen-bond donors (Lipinski definition) is 3. The molecule has 9 heteroatoms. The van der Waals surface area contributed by atoms with Crippen LogP contribution in [0.3, 0.4) is 0 Å². The van der Waals surface area contributed by atoms with Crippen molar-refractivity contribution in [1.82, 2.24) is 14.5 Å². The van der Waals surface area contributed by atoms with E-state index in [4.69, 9.17) is 10.5 Å². The fourth-order valence-electron chi connectivity index (χ4n) is 2.48. The van der Waals surface area contributed by atoms with Crippen molar-refractivity contribution in [1.29, 1.82) is 0 Å². The van der Waals surface area contributed by atoms with E-state index in [0.29, 0.717) is 17.1 Å². The topological polar surface area (TPSA) is 106 Å². The van der Waals surface area contributed by atoms with Gasteiger partial charge in [-0.25, -0.2) is 4.98 Å². The van der Waals surface area contributed by atoms with Gasteiger partial charge < -0.3 is 25.1 Å². The molecule has 0 radical (unpaired) electrons. The summed E-state index contributed by atoms with van der Waals surface area (Å²) in [5, 5.41) is 10.6. The smallest absolute Gasteiger partial charge is 0.259 e. The van der Waals surface area contributed by atoms with Crippen molar-refractivity contribution in [3.8, 4) is 17.1 Å². The van der Waals surface area contributed by atoms with Crippen LogP contribution in [0.4, 0.5) is 0 Å². The maximum absolute atomic E-state index is 12.4. The minimum Gasteiger partial charge on any atom is -0.497 e. The number of aliphatic hydroxyl groups excluding tert-OH is 1. The molecule has 0 saturated heterocycles. The Morgan fingerprint density at radius 2 is 2.12 bits per heavy atom. The van der Waals surface area contributed by atoms with E-state index in [-0.39, 0.29) is 43.5 Å². The Bertz CT molecular complexity index is 894. The van der Waals surface area contributed by atoms with Crippen LogP contribution in [0, 0.1) is 0 Å². The van der Waals surface area contributed by atoms with E-state index >= 15 is 0 Å². The van der Waals surface area contributed by atoms with Crippen LogP contribution in [0.25, 0.3) is 22.3 Å². The SMILES string of the molecule is COc1ccc2[nH]c(=O)c(-c3nccn3CC(O)CN)cc2c1.Cl.Cl. The summed E-state index contributed by atoms with van der Waals surface area (Å²) in [4.78, 5) is 19.5. The molecule has 0 aliphatic carbocycles. The number of nitrogens with two attached hydrogens (primary N) is 1. The van der Waals surface area contributed by atoms with Crippen LogP contribution in [0.5, 0.6) is 5.75 Å². The number of hydrogen-bond acceptors (Lipinski definition) is 5. The van der Waals surface area contributed by atoms with E-state index in [1.165, 1.54) is 0 Å². The van der Waals surface area contributed by atoms with Crippen LogP contribution in [-0.4, -0.2) is 39.4 Å². The number of fused-ring (bicyclic) bond motifs is 1. The van der Waals surface area contributed by atoms with Gasteiger partial charge in [0, 0.05) is 29.8 Å². The van der Waals surface area contributed by atoms with Gasteiger partial charge in [-0.15, -0.1) is 24.8 Å². The van der Waals surface area contributed by atoms with Crippen molar-refractivity contribution in [2.24, 2.45) is 5.73 Å². The number of halogens is 2. The van der Waals surface area contributed by atoms with Gasteiger partial charge in [0.05, 0.1) is 25.3 Å². The number of aliphatic hydroxyl groups is 1. The normalized spacial score (nSPS) is 11.5. The third-order valence-corrected chi connectivity index (χ3v) is 3.69. The van der Waals surface area contributed by atoms with Gasteiger partial charge in [0.25, 0.3) is 5.56 Å². The number of nitrogens with zero attached hydrogens (tertiary/aromatic N) is 2. The highest BCUT2D eigenvalue weighted by Crippen LogP contribution is 2.22. The van der Waals surface area contributed by atoms with Crippen molar-refractivity contribution >= 4 is 35.7 Å². The van der Waals surface area contributed by atoms with Crippen LogP contribution in [-0.2, 0) is 6.54 Å². The third kappa shape index (κ3) is 4.32. The zero-order valence-electron chi connectivity index (χ0n) is 13.5. The Labute approximate surface area is 156 Å². The predicted octanol–water partition coefficient (Wildman–Crippen LogP) is 1.56. The highest BCUT2D eigenvalue weighted by atomic mass is 35.5. The predicted molar refractivity (Wildman–Crippen MR) is 102 cm³/mol. The summed E-state index contributed by atoms with van der Waals surface area (Å²) in [6.07, 6.45) is 2.61. The Kier molecular flexibility index (Phi) is 7.44. The Morgan fingerprint density at radius 1 is 1.36 bits per heavy atom. The lowest BCUT2D eigenvalue weighted by molar-refractivity contribution is 0.162. The molecule has 136 valence electrons. The highest BCUT2D eigenvalue weighted by Gasteiger charge is 2.13. The van der Waals surface area contributed by atoms with Crippen molar-refractivity contribution in [2.75, 3.05) is 13.7 Å². The average molecular weight is 387 g/mol.